The topological polar surface area (TPSA) is 85.9 Å². The average Bonchev–Trinajstić information content (AvgIpc) is 3.07. The van der Waals surface area contributed by atoms with Crippen molar-refractivity contribution in [2.24, 2.45) is 16.3 Å². The standard InChI is InChI=1S/C23H43N5O2.HI/c1-6-23(7-2,11-14-29)17-26-22(24-8-3)25-15-20-9-12-28(13-10-20)16-21-27-18(4)19(5)30-21;/h20,29H,6-17H2,1-5H3,(H2,24,25,26);1H. The van der Waals surface area contributed by atoms with Crippen LogP contribution in [0, 0.1) is 25.2 Å². The van der Waals surface area contributed by atoms with Crippen molar-refractivity contribution in [3.8, 4) is 0 Å². The van der Waals surface area contributed by atoms with Gasteiger partial charge < -0.3 is 20.2 Å². The number of halogens is 1. The third-order valence-electron chi connectivity index (χ3n) is 6.76. The molecule has 0 unspecified atom stereocenters. The van der Waals surface area contributed by atoms with Crippen molar-refractivity contribution in [3.05, 3.63) is 17.3 Å². The molecule has 0 spiro atoms. The molecular weight excluding hydrogens is 505 g/mol. The van der Waals surface area contributed by atoms with E-state index >= 15 is 0 Å². The number of hydrogen-bond acceptors (Lipinski definition) is 5. The SMILES string of the molecule is CCNC(=NCC(CC)(CC)CCO)NCC1CCN(Cc2nc(C)c(C)o2)CC1.I. The highest BCUT2D eigenvalue weighted by molar-refractivity contribution is 14.0. The van der Waals surface area contributed by atoms with E-state index in [1.807, 2.05) is 13.8 Å². The van der Waals surface area contributed by atoms with E-state index in [0.29, 0.717) is 5.92 Å². The summed E-state index contributed by atoms with van der Waals surface area (Å²) in [5, 5.41) is 16.4. The van der Waals surface area contributed by atoms with E-state index < -0.39 is 0 Å². The summed E-state index contributed by atoms with van der Waals surface area (Å²) in [7, 11) is 0. The summed E-state index contributed by atoms with van der Waals surface area (Å²) >= 11 is 0. The maximum absolute atomic E-state index is 9.44. The molecule has 31 heavy (non-hydrogen) atoms. The van der Waals surface area contributed by atoms with E-state index in [-0.39, 0.29) is 36.0 Å². The molecule has 2 heterocycles. The molecule has 1 aromatic heterocycles. The Bertz CT molecular complexity index is 633. The lowest BCUT2D eigenvalue weighted by atomic mass is 9.79. The van der Waals surface area contributed by atoms with Crippen LogP contribution in [0.2, 0.25) is 0 Å². The number of aliphatic hydroxyl groups is 1. The first-order chi connectivity index (χ1) is 14.4. The Kier molecular flexibility index (Phi) is 13.0. The van der Waals surface area contributed by atoms with Gasteiger partial charge in [-0.1, -0.05) is 13.8 Å². The smallest absolute Gasteiger partial charge is 0.208 e. The van der Waals surface area contributed by atoms with Crippen molar-refractivity contribution in [3.63, 3.8) is 0 Å². The van der Waals surface area contributed by atoms with Gasteiger partial charge in [0.05, 0.1) is 12.2 Å². The minimum atomic E-state index is 0. The second-order valence-corrected chi connectivity index (χ2v) is 8.73. The summed E-state index contributed by atoms with van der Waals surface area (Å²) in [5.41, 5.74) is 1.09. The second kappa shape index (κ2) is 14.3. The van der Waals surface area contributed by atoms with Crippen LogP contribution < -0.4 is 10.6 Å². The summed E-state index contributed by atoms with van der Waals surface area (Å²) in [6.07, 6.45) is 5.22. The van der Waals surface area contributed by atoms with Gasteiger partial charge in [0.1, 0.15) is 5.76 Å². The Morgan fingerprint density at radius 2 is 1.87 bits per heavy atom. The Morgan fingerprint density at radius 3 is 2.39 bits per heavy atom. The third kappa shape index (κ3) is 8.88. The Balaban J connectivity index is 0.00000480. The van der Waals surface area contributed by atoms with Gasteiger partial charge in [-0.05, 0) is 77.3 Å². The molecule has 0 aromatic carbocycles. The number of guanidine groups is 1. The van der Waals surface area contributed by atoms with Gasteiger partial charge >= 0.3 is 0 Å². The van der Waals surface area contributed by atoms with E-state index in [1.165, 1.54) is 12.8 Å². The molecule has 180 valence electrons. The summed E-state index contributed by atoms with van der Waals surface area (Å²) in [6, 6.07) is 0. The van der Waals surface area contributed by atoms with Crippen LogP contribution in [0.25, 0.3) is 0 Å². The zero-order valence-electron chi connectivity index (χ0n) is 20.2. The molecule has 1 aromatic rings. The van der Waals surface area contributed by atoms with Gasteiger partial charge in [0.25, 0.3) is 0 Å². The normalized spacial score (nSPS) is 16.3. The number of likely N-dealkylation sites (tertiary alicyclic amines) is 1. The van der Waals surface area contributed by atoms with Crippen molar-refractivity contribution in [2.45, 2.75) is 73.3 Å². The Labute approximate surface area is 205 Å². The van der Waals surface area contributed by atoms with Crippen molar-refractivity contribution < 1.29 is 9.52 Å². The molecule has 8 heteroatoms. The van der Waals surface area contributed by atoms with E-state index in [2.05, 4.69) is 41.3 Å². The molecule has 0 radical (unpaired) electrons. The lowest BCUT2D eigenvalue weighted by Crippen LogP contribution is -2.43. The Morgan fingerprint density at radius 1 is 1.19 bits per heavy atom. The molecule has 7 nitrogen and oxygen atoms in total. The van der Waals surface area contributed by atoms with E-state index in [1.54, 1.807) is 0 Å². The molecular formula is C23H44IN5O2. The van der Waals surface area contributed by atoms with Crippen LogP contribution in [-0.4, -0.2) is 60.3 Å². The molecule has 2 rings (SSSR count). The molecule has 0 bridgehead atoms. The number of rotatable bonds is 11. The maximum atomic E-state index is 9.44. The number of aliphatic imine (C=N–C) groups is 1. The van der Waals surface area contributed by atoms with Crippen LogP contribution in [0.1, 0.15) is 70.2 Å². The van der Waals surface area contributed by atoms with Gasteiger partial charge in [-0.25, -0.2) is 4.98 Å². The molecule has 1 aliphatic heterocycles. The number of aromatic nitrogens is 1. The highest BCUT2D eigenvalue weighted by Crippen LogP contribution is 2.30. The van der Waals surface area contributed by atoms with Gasteiger partial charge in [0.15, 0.2) is 5.96 Å². The van der Waals surface area contributed by atoms with E-state index in [4.69, 9.17) is 9.41 Å². The molecule has 0 atom stereocenters. The van der Waals surface area contributed by atoms with Gasteiger partial charge in [0.2, 0.25) is 5.89 Å². The lowest BCUT2D eigenvalue weighted by molar-refractivity contribution is 0.164. The fourth-order valence-electron chi connectivity index (χ4n) is 4.12. The summed E-state index contributed by atoms with van der Waals surface area (Å²) in [4.78, 5) is 11.8. The van der Waals surface area contributed by atoms with Crippen LogP contribution in [0.4, 0.5) is 0 Å². The number of nitrogens with zero attached hydrogens (tertiary/aromatic N) is 3. The number of piperidine rings is 1. The van der Waals surface area contributed by atoms with Gasteiger partial charge in [0, 0.05) is 26.2 Å². The highest BCUT2D eigenvalue weighted by Gasteiger charge is 2.26. The molecule has 1 fully saturated rings. The highest BCUT2D eigenvalue weighted by atomic mass is 127. The predicted octanol–water partition coefficient (Wildman–Crippen LogP) is 3.87. The van der Waals surface area contributed by atoms with Crippen molar-refractivity contribution in [1.82, 2.24) is 20.5 Å². The fraction of sp³-hybridized carbons (Fsp3) is 0.826. The number of aryl methyl sites for hydroxylation is 2. The van der Waals surface area contributed by atoms with Crippen LogP contribution in [0.15, 0.2) is 9.41 Å². The monoisotopic (exact) mass is 549 g/mol. The lowest BCUT2D eigenvalue weighted by Gasteiger charge is -2.32. The quantitative estimate of drug-likeness (QED) is 0.221. The van der Waals surface area contributed by atoms with Crippen molar-refractivity contribution >= 4 is 29.9 Å². The first-order valence-corrected chi connectivity index (χ1v) is 11.7. The predicted molar refractivity (Wildman–Crippen MR) is 138 cm³/mol. The molecule has 1 aliphatic rings. The summed E-state index contributed by atoms with van der Waals surface area (Å²) < 4.78 is 5.74. The zero-order valence-corrected chi connectivity index (χ0v) is 22.5. The number of aliphatic hydroxyl groups excluding tert-OH is 1. The van der Waals surface area contributed by atoms with Crippen LogP contribution in [0.5, 0.6) is 0 Å². The molecule has 0 aliphatic carbocycles. The average molecular weight is 550 g/mol. The fourth-order valence-corrected chi connectivity index (χ4v) is 4.12. The number of oxazole rings is 1. The van der Waals surface area contributed by atoms with Gasteiger partial charge in [-0.15, -0.1) is 24.0 Å². The molecule has 1 saturated heterocycles. The molecule has 0 amide bonds. The van der Waals surface area contributed by atoms with Crippen LogP contribution in [0.3, 0.4) is 0 Å². The van der Waals surface area contributed by atoms with Crippen LogP contribution in [-0.2, 0) is 6.54 Å². The third-order valence-corrected chi connectivity index (χ3v) is 6.76. The first kappa shape index (κ1) is 28.2. The minimum Gasteiger partial charge on any atom is -0.444 e. The van der Waals surface area contributed by atoms with Gasteiger partial charge in [-0.3, -0.25) is 9.89 Å². The zero-order chi connectivity index (χ0) is 22.0. The maximum Gasteiger partial charge on any atom is 0.208 e. The van der Waals surface area contributed by atoms with Gasteiger partial charge in [-0.2, -0.15) is 0 Å². The number of hydrogen-bond donors (Lipinski definition) is 3. The largest absolute Gasteiger partial charge is 0.444 e. The van der Waals surface area contributed by atoms with E-state index in [0.717, 1.165) is 81.8 Å². The van der Waals surface area contributed by atoms with Crippen LogP contribution >= 0.6 is 24.0 Å². The second-order valence-electron chi connectivity index (χ2n) is 8.73. The summed E-state index contributed by atoms with van der Waals surface area (Å²) in [6.45, 7) is 16.2. The van der Waals surface area contributed by atoms with Crippen molar-refractivity contribution in [2.75, 3.05) is 39.3 Å². The first-order valence-electron chi connectivity index (χ1n) is 11.7. The molecule has 3 N–H and O–H groups in total. The molecule has 0 saturated carbocycles. The van der Waals surface area contributed by atoms with E-state index in [9.17, 15) is 5.11 Å². The minimum absolute atomic E-state index is 0. The van der Waals surface area contributed by atoms with Crippen molar-refractivity contribution in [1.29, 1.82) is 0 Å². The Hall–Kier alpha value is -0.870. The summed E-state index contributed by atoms with van der Waals surface area (Å²) in [5.74, 6) is 3.31. The number of nitrogens with one attached hydrogen (secondary N) is 2.